The van der Waals surface area contributed by atoms with E-state index in [0.29, 0.717) is 0 Å². The maximum Gasteiger partial charge on any atom is 0.295 e. The first-order valence-corrected chi connectivity index (χ1v) is 10.4. The van der Waals surface area contributed by atoms with Crippen LogP contribution in [0.15, 0.2) is 97.1 Å². The van der Waals surface area contributed by atoms with E-state index in [9.17, 15) is 0 Å². The van der Waals surface area contributed by atoms with E-state index in [1.54, 1.807) is 0 Å². The van der Waals surface area contributed by atoms with Gasteiger partial charge in [-0.25, -0.2) is 4.57 Å². The smallest absolute Gasteiger partial charge is 0.225 e. The highest BCUT2D eigenvalue weighted by Crippen LogP contribution is 2.31. The summed E-state index contributed by atoms with van der Waals surface area (Å²) < 4.78 is 4.71. The molecule has 0 amide bonds. The summed E-state index contributed by atoms with van der Waals surface area (Å²) in [5.74, 6) is 1.20. The van der Waals surface area contributed by atoms with Gasteiger partial charge in [0.25, 0.3) is 5.82 Å². The van der Waals surface area contributed by atoms with Crippen molar-refractivity contribution in [2.75, 3.05) is 0 Å². The fourth-order valence-corrected chi connectivity index (χ4v) is 4.29. The lowest BCUT2D eigenvalue weighted by molar-refractivity contribution is -0.633. The number of hydrogen-bond acceptors (Lipinski definition) is 0. The number of imidazole rings is 1. The predicted molar refractivity (Wildman–Crippen MR) is 125 cm³/mol. The minimum absolute atomic E-state index is 1.17. The maximum absolute atomic E-state index is 2.38. The van der Waals surface area contributed by atoms with E-state index in [0.717, 1.165) is 0 Å². The Morgan fingerprint density at radius 2 is 1.37 bits per heavy atom. The van der Waals surface area contributed by atoms with Crippen LogP contribution in [0.5, 0.6) is 0 Å². The summed E-state index contributed by atoms with van der Waals surface area (Å²) in [6.07, 6.45) is 0. The zero-order chi connectivity index (χ0) is 20.7. The number of aromatic nitrogens is 2. The molecule has 2 nitrogen and oxygen atoms in total. The number of aryl methyl sites for hydroxylation is 3. The van der Waals surface area contributed by atoms with Crippen LogP contribution < -0.4 is 4.57 Å². The summed E-state index contributed by atoms with van der Waals surface area (Å²) in [7, 11) is 2.17. The number of fused-ring (bicyclic) bond motifs is 1. The van der Waals surface area contributed by atoms with Gasteiger partial charge in [0.15, 0.2) is 11.0 Å². The largest absolute Gasteiger partial charge is 0.295 e. The first-order chi connectivity index (χ1) is 14.6. The fraction of sp³-hybridized carbons (Fsp3) is 0.107. The van der Waals surface area contributed by atoms with E-state index in [-0.39, 0.29) is 0 Å². The third-order valence-corrected chi connectivity index (χ3v) is 5.86. The van der Waals surface area contributed by atoms with E-state index in [2.05, 4.69) is 127 Å². The second-order valence-corrected chi connectivity index (χ2v) is 7.94. The highest BCUT2D eigenvalue weighted by Gasteiger charge is 2.27. The molecule has 5 aromatic rings. The Labute approximate surface area is 177 Å². The number of para-hydroxylation sites is 1. The van der Waals surface area contributed by atoms with Crippen molar-refractivity contribution in [2.24, 2.45) is 7.05 Å². The van der Waals surface area contributed by atoms with E-state index in [1.165, 1.54) is 50.4 Å². The second-order valence-electron chi connectivity index (χ2n) is 7.94. The van der Waals surface area contributed by atoms with Crippen molar-refractivity contribution in [2.45, 2.75) is 13.8 Å². The minimum Gasteiger partial charge on any atom is -0.225 e. The van der Waals surface area contributed by atoms with Crippen molar-refractivity contribution in [3.63, 3.8) is 0 Å². The molecular weight excluding hydrogens is 364 g/mol. The summed E-state index contributed by atoms with van der Waals surface area (Å²) in [5.41, 5.74) is 9.88. The molecule has 30 heavy (non-hydrogen) atoms. The van der Waals surface area contributed by atoms with Crippen molar-refractivity contribution in [1.82, 2.24) is 4.57 Å². The van der Waals surface area contributed by atoms with Gasteiger partial charge in [-0.3, -0.25) is 0 Å². The van der Waals surface area contributed by atoms with E-state index >= 15 is 0 Å². The van der Waals surface area contributed by atoms with Crippen LogP contribution in [0.1, 0.15) is 11.1 Å². The van der Waals surface area contributed by atoms with Crippen LogP contribution in [0.4, 0.5) is 0 Å². The number of nitrogens with zero attached hydrogens (tertiary/aromatic N) is 2. The molecule has 0 radical (unpaired) electrons. The van der Waals surface area contributed by atoms with Gasteiger partial charge in [-0.1, -0.05) is 66.2 Å². The maximum atomic E-state index is 2.38. The van der Waals surface area contributed by atoms with E-state index in [4.69, 9.17) is 0 Å². The van der Waals surface area contributed by atoms with Gasteiger partial charge in [-0.15, -0.1) is 0 Å². The van der Waals surface area contributed by atoms with Crippen LogP contribution in [-0.4, -0.2) is 4.57 Å². The lowest BCUT2D eigenvalue weighted by atomic mass is 10.0. The molecule has 0 atom stereocenters. The van der Waals surface area contributed by atoms with Crippen LogP contribution in [0.2, 0.25) is 0 Å². The molecule has 0 unspecified atom stereocenters. The fourth-order valence-electron chi connectivity index (χ4n) is 4.29. The van der Waals surface area contributed by atoms with Crippen molar-refractivity contribution in [3.05, 3.63) is 108 Å². The normalized spacial score (nSPS) is 11.2. The van der Waals surface area contributed by atoms with Gasteiger partial charge in [0, 0.05) is 0 Å². The first-order valence-electron chi connectivity index (χ1n) is 10.4. The summed E-state index contributed by atoms with van der Waals surface area (Å²) in [6.45, 7) is 4.35. The quantitative estimate of drug-likeness (QED) is 0.315. The highest BCUT2D eigenvalue weighted by atomic mass is 15.2. The van der Waals surface area contributed by atoms with Gasteiger partial charge >= 0.3 is 0 Å². The third-order valence-electron chi connectivity index (χ3n) is 5.86. The standard InChI is InChI=1S/C28H25N2/c1-20-14-15-21(2)25(18-20)28-29(3)27-19-23(22-10-6-4-7-11-22)16-17-26(27)30(28)24-12-8-5-9-13-24/h4-19H,1-3H3/q+1. The molecule has 0 saturated carbocycles. The SMILES string of the molecule is Cc1ccc(C)c(-c2n(-c3ccccc3)c3ccc(-c4ccccc4)cc3[n+]2C)c1. The molecular formula is C28H25N2+. The predicted octanol–water partition coefficient (Wildman–Crippen LogP) is 6.41. The number of rotatable bonds is 3. The number of hydrogen-bond donors (Lipinski definition) is 0. The highest BCUT2D eigenvalue weighted by molar-refractivity contribution is 5.84. The first kappa shape index (κ1) is 18.4. The Balaban J connectivity index is 1.86. The molecule has 0 fully saturated rings. The average molecular weight is 390 g/mol. The molecule has 146 valence electrons. The van der Waals surface area contributed by atoms with Crippen molar-refractivity contribution in [3.8, 4) is 28.2 Å². The van der Waals surface area contributed by atoms with E-state index < -0.39 is 0 Å². The Bertz CT molecular complexity index is 1350. The van der Waals surface area contributed by atoms with Gasteiger partial charge in [0.2, 0.25) is 0 Å². The molecule has 0 aliphatic heterocycles. The molecule has 0 bridgehead atoms. The summed E-state index contributed by atoms with van der Waals surface area (Å²) in [4.78, 5) is 0. The third kappa shape index (κ3) is 3.02. The number of benzene rings is 4. The molecule has 5 rings (SSSR count). The van der Waals surface area contributed by atoms with Gasteiger partial charge in [-0.05, 0) is 66.9 Å². The molecule has 1 heterocycles. The van der Waals surface area contributed by atoms with Gasteiger partial charge in [-0.2, -0.15) is 4.57 Å². The van der Waals surface area contributed by atoms with E-state index in [1.807, 2.05) is 0 Å². The summed E-state index contributed by atoms with van der Waals surface area (Å²) in [6, 6.07) is 34.7. The van der Waals surface area contributed by atoms with Crippen molar-refractivity contribution in [1.29, 1.82) is 0 Å². The molecule has 2 heteroatoms. The Kier molecular flexibility index (Phi) is 4.48. The Morgan fingerprint density at radius 1 is 0.667 bits per heavy atom. The van der Waals surface area contributed by atoms with Gasteiger partial charge in [0.05, 0.1) is 12.6 Å². The van der Waals surface area contributed by atoms with Crippen molar-refractivity contribution >= 4 is 11.0 Å². The van der Waals surface area contributed by atoms with Crippen LogP contribution in [0, 0.1) is 13.8 Å². The van der Waals surface area contributed by atoms with Crippen LogP contribution in [0.25, 0.3) is 39.2 Å². The zero-order valence-electron chi connectivity index (χ0n) is 17.6. The molecule has 0 saturated heterocycles. The Morgan fingerprint density at radius 3 is 2.10 bits per heavy atom. The molecule has 4 aromatic carbocycles. The monoisotopic (exact) mass is 389 g/mol. The van der Waals surface area contributed by atoms with Gasteiger partial charge < -0.3 is 0 Å². The Hall–Kier alpha value is -3.65. The molecule has 1 aromatic heterocycles. The molecule has 0 aliphatic carbocycles. The topological polar surface area (TPSA) is 8.81 Å². The minimum atomic E-state index is 1.17. The summed E-state index contributed by atoms with van der Waals surface area (Å²) >= 11 is 0. The second kappa shape index (κ2) is 7.31. The lowest BCUT2D eigenvalue weighted by Crippen LogP contribution is -2.30. The molecule has 0 aliphatic rings. The van der Waals surface area contributed by atoms with Gasteiger partial charge in [0.1, 0.15) is 5.69 Å². The average Bonchev–Trinajstić information content (AvgIpc) is 3.08. The van der Waals surface area contributed by atoms with Crippen molar-refractivity contribution < 1.29 is 4.57 Å². The van der Waals surface area contributed by atoms with Crippen LogP contribution in [-0.2, 0) is 7.05 Å². The zero-order valence-corrected chi connectivity index (χ0v) is 17.6. The molecule has 0 spiro atoms. The summed E-state index contributed by atoms with van der Waals surface area (Å²) in [5, 5.41) is 0. The van der Waals surface area contributed by atoms with Crippen LogP contribution in [0.3, 0.4) is 0 Å². The lowest BCUT2D eigenvalue weighted by Gasteiger charge is -2.07. The molecule has 0 N–H and O–H groups in total. The van der Waals surface area contributed by atoms with Crippen LogP contribution >= 0.6 is 0 Å².